The van der Waals surface area contributed by atoms with Crippen molar-refractivity contribution >= 4 is 12.2 Å². The molecule has 0 aromatic heterocycles. The van der Waals surface area contributed by atoms with E-state index >= 15 is 0 Å². The topological polar surface area (TPSA) is 169 Å². The van der Waals surface area contributed by atoms with Crippen molar-refractivity contribution < 1.29 is 29.3 Å². The van der Waals surface area contributed by atoms with Gasteiger partial charge in [0.15, 0.2) is 0 Å². The van der Waals surface area contributed by atoms with E-state index in [1.54, 1.807) is 55.4 Å². The number of nitrogens with one attached hydrogen (secondary N) is 2. The van der Waals surface area contributed by atoms with Gasteiger partial charge in [-0.1, -0.05) is 0 Å². The molecule has 0 fully saturated rings. The van der Waals surface area contributed by atoms with Gasteiger partial charge in [0.1, 0.15) is 11.2 Å². The van der Waals surface area contributed by atoms with Crippen LogP contribution in [-0.4, -0.2) is 71.0 Å². The Morgan fingerprint density at radius 1 is 0.786 bits per heavy atom. The molecule has 0 spiro atoms. The molecule has 0 unspecified atom stereocenters. The standard InChI is InChI=1S/2C9H20N2O3/c2*1-6(7(12)5-10)11-8(13)14-9(2,3)4/h2*6-7,12H,5,10H2,1-4H3,(H,11,13)/t6-,7+;6-,7-/m00/s1. The van der Waals surface area contributed by atoms with Crippen molar-refractivity contribution in [3.63, 3.8) is 0 Å². The molecule has 0 rings (SSSR count). The minimum atomic E-state index is -0.748. The van der Waals surface area contributed by atoms with Gasteiger partial charge in [-0.15, -0.1) is 0 Å². The maximum atomic E-state index is 11.2. The zero-order chi connectivity index (χ0) is 22.7. The first kappa shape index (κ1) is 28.6. The normalized spacial score (nSPS) is 15.9. The molecule has 0 aliphatic heterocycles. The smallest absolute Gasteiger partial charge is 0.407 e. The van der Waals surface area contributed by atoms with E-state index in [1.165, 1.54) is 0 Å². The lowest BCUT2D eigenvalue weighted by molar-refractivity contribution is 0.0434. The molecule has 0 saturated heterocycles. The third kappa shape index (κ3) is 16.5. The predicted molar refractivity (Wildman–Crippen MR) is 108 cm³/mol. The highest BCUT2D eigenvalue weighted by molar-refractivity contribution is 5.68. The molecule has 0 aliphatic carbocycles. The van der Waals surface area contributed by atoms with Gasteiger partial charge in [-0.25, -0.2) is 9.59 Å². The molecule has 0 aliphatic rings. The fourth-order valence-corrected chi connectivity index (χ4v) is 1.59. The largest absolute Gasteiger partial charge is 0.444 e. The van der Waals surface area contributed by atoms with Crippen LogP contribution in [-0.2, 0) is 9.47 Å². The summed E-state index contributed by atoms with van der Waals surface area (Å²) in [5, 5.41) is 23.5. The van der Waals surface area contributed by atoms with Gasteiger partial charge in [0.05, 0.1) is 24.3 Å². The highest BCUT2D eigenvalue weighted by Crippen LogP contribution is 2.07. The number of nitrogens with two attached hydrogens (primary N) is 2. The number of rotatable bonds is 6. The Kier molecular flexibility index (Phi) is 13.0. The lowest BCUT2D eigenvalue weighted by atomic mass is 10.2. The SMILES string of the molecule is C[C@H](NC(=O)OC(C)(C)C)[C@@H](O)CN.C[C@H](NC(=O)OC(C)(C)C)[C@H](O)CN. The molecule has 0 aromatic rings. The first-order chi connectivity index (χ1) is 12.5. The van der Waals surface area contributed by atoms with E-state index in [0.717, 1.165) is 0 Å². The average molecular weight is 409 g/mol. The van der Waals surface area contributed by atoms with Crippen molar-refractivity contribution in [3.05, 3.63) is 0 Å². The number of hydrogen-bond donors (Lipinski definition) is 6. The van der Waals surface area contributed by atoms with E-state index in [0.29, 0.717) is 0 Å². The van der Waals surface area contributed by atoms with E-state index in [1.807, 2.05) is 0 Å². The van der Waals surface area contributed by atoms with E-state index in [9.17, 15) is 19.8 Å². The maximum absolute atomic E-state index is 11.2. The van der Waals surface area contributed by atoms with Crippen LogP contribution in [0.3, 0.4) is 0 Å². The third-order valence-corrected chi connectivity index (χ3v) is 3.13. The Hall–Kier alpha value is -1.62. The lowest BCUT2D eigenvalue weighted by Gasteiger charge is -2.23. The van der Waals surface area contributed by atoms with Crippen LogP contribution < -0.4 is 22.1 Å². The van der Waals surface area contributed by atoms with Crippen LogP contribution in [0.25, 0.3) is 0 Å². The minimum absolute atomic E-state index is 0.108. The summed E-state index contributed by atoms with van der Waals surface area (Å²) >= 11 is 0. The van der Waals surface area contributed by atoms with Crippen molar-refractivity contribution in [2.45, 2.75) is 90.9 Å². The van der Waals surface area contributed by atoms with Crippen molar-refractivity contribution in [1.82, 2.24) is 10.6 Å². The van der Waals surface area contributed by atoms with E-state index in [4.69, 9.17) is 20.9 Å². The Morgan fingerprint density at radius 3 is 1.21 bits per heavy atom. The molecular weight excluding hydrogens is 368 g/mol. The number of alkyl carbamates (subject to hydrolysis) is 2. The van der Waals surface area contributed by atoms with Gasteiger partial charge in [-0.2, -0.15) is 0 Å². The third-order valence-electron chi connectivity index (χ3n) is 3.13. The number of amides is 2. The van der Waals surface area contributed by atoms with Gasteiger partial charge < -0.3 is 41.8 Å². The number of hydrogen-bond acceptors (Lipinski definition) is 8. The van der Waals surface area contributed by atoms with Crippen molar-refractivity contribution in [3.8, 4) is 0 Å². The van der Waals surface area contributed by atoms with Crippen molar-refractivity contribution in [2.75, 3.05) is 13.1 Å². The summed E-state index contributed by atoms with van der Waals surface area (Å²) in [6, 6.07) is -0.815. The highest BCUT2D eigenvalue weighted by Gasteiger charge is 2.21. The lowest BCUT2D eigenvalue weighted by Crippen LogP contribution is -2.46. The average Bonchev–Trinajstić information content (AvgIpc) is 2.49. The molecule has 10 heteroatoms. The summed E-state index contributed by atoms with van der Waals surface area (Å²) in [5.74, 6) is 0. The summed E-state index contributed by atoms with van der Waals surface area (Å²) in [4.78, 5) is 22.4. The molecule has 10 nitrogen and oxygen atoms in total. The summed E-state index contributed by atoms with van der Waals surface area (Å²) < 4.78 is 10.0. The molecule has 8 N–H and O–H groups in total. The van der Waals surface area contributed by atoms with Crippen LogP contribution >= 0.6 is 0 Å². The van der Waals surface area contributed by atoms with Gasteiger partial charge in [0, 0.05) is 13.1 Å². The number of ether oxygens (including phenoxy) is 2. The van der Waals surface area contributed by atoms with Gasteiger partial charge in [-0.3, -0.25) is 0 Å². The van der Waals surface area contributed by atoms with Crippen molar-refractivity contribution in [1.29, 1.82) is 0 Å². The molecule has 28 heavy (non-hydrogen) atoms. The first-order valence-electron chi connectivity index (χ1n) is 9.27. The van der Waals surface area contributed by atoms with Crippen LogP contribution in [0.2, 0.25) is 0 Å². The Morgan fingerprint density at radius 2 is 1.04 bits per heavy atom. The molecule has 0 bridgehead atoms. The minimum Gasteiger partial charge on any atom is -0.444 e. The molecule has 2 amide bonds. The second-order valence-electron chi connectivity index (χ2n) is 8.48. The molecule has 0 heterocycles. The Balaban J connectivity index is 0. The zero-order valence-corrected chi connectivity index (χ0v) is 18.4. The van der Waals surface area contributed by atoms with Gasteiger partial charge in [0.25, 0.3) is 0 Å². The number of carbonyl (C=O) groups excluding carboxylic acids is 2. The molecule has 0 saturated carbocycles. The van der Waals surface area contributed by atoms with Crippen LogP contribution in [0.4, 0.5) is 9.59 Å². The fourth-order valence-electron chi connectivity index (χ4n) is 1.59. The molecular formula is C18H40N4O6. The summed E-state index contributed by atoms with van der Waals surface area (Å²) in [5.41, 5.74) is 9.41. The van der Waals surface area contributed by atoms with Crippen LogP contribution in [0.1, 0.15) is 55.4 Å². The van der Waals surface area contributed by atoms with E-state index < -0.39 is 47.7 Å². The van der Waals surface area contributed by atoms with Gasteiger partial charge in [-0.05, 0) is 55.4 Å². The zero-order valence-electron chi connectivity index (χ0n) is 18.4. The Bertz CT molecular complexity index is 420. The quantitative estimate of drug-likeness (QED) is 0.368. The first-order valence-corrected chi connectivity index (χ1v) is 9.27. The Labute approximate surface area is 168 Å². The number of carbonyl (C=O) groups is 2. The van der Waals surface area contributed by atoms with Crippen molar-refractivity contribution in [2.24, 2.45) is 11.5 Å². The number of aliphatic hydroxyl groups is 2. The van der Waals surface area contributed by atoms with Gasteiger partial charge >= 0.3 is 12.2 Å². The molecule has 0 radical (unpaired) electrons. The maximum Gasteiger partial charge on any atom is 0.407 e. The summed E-state index contributed by atoms with van der Waals surface area (Å²) in [6.45, 7) is 14.2. The fraction of sp³-hybridized carbons (Fsp3) is 0.889. The van der Waals surface area contributed by atoms with Crippen LogP contribution in [0, 0.1) is 0 Å². The molecule has 168 valence electrons. The van der Waals surface area contributed by atoms with Crippen LogP contribution in [0.5, 0.6) is 0 Å². The van der Waals surface area contributed by atoms with E-state index in [-0.39, 0.29) is 13.1 Å². The predicted octanol–water partition coefficient (Wildman–Crippen LogP) is 0.438. The van der Waals surface area contributed by atoms with Gasteiger partial charge in [0.2, 0.25) is 0 Å². The molecule has 0 aromatic carbocycles. The summed E-state index contributed by atoms with van der Waals surface area (Å²) in [7, 11) is 0. The monoisotopic (exact) mass is 408 g/mol. The number of aliphatic hydroxyl groups excluding tert-OH is 2. The van der Waals surface area contributed by atoms with Crippen LogP contribution in [0.15, 0.2) is 0 Å². The second kappa shape index (κ2) is 12.8. The highest BCUT2D eigenvalue weighted by atomic mass is 16.6. The van der Waals surface area contributed by atoms with E-state index in [2.05, 4.69) is 10.6 Å². The summed E-state index contributed by atoms with van der Waals surface area (Å²) in [6.07, 6.45) is -2.58. The second-order valence-corrected chi connectivity index (χ2v) is 8.48. The molecule has 4 atom stereocenters.